The quantitative estimate of drug-likeness (QED) is 0.247. The molecule has 5 rings (SSSR count). The number of carbonyl (C=O) groups excluding carboxylic acids is 2. The number of hydrogen-bond donors (Lipinski definition) is 4. The summed E-state index contributed by atoms with van der Waals surface area (Å²) in [5, 5.41) is 44.4. The van der Waals surface area contributed by atoms with Crippen LogP contribution in [-0.4, -0.2) is 42.1 Å². The molecule has 0 saturated heterocycles. The van der Waals surface area contributed by atoms with Crippen LogP contribution in [0.3, 0.4) is 0 Å². The molecule has 2 unspecified atom stereocenters. The summed E-state index contributed by atoms with van der Waals surface area (Å²) in [5.74, 6) is -2.35. The number of carboxylic acid groups (broad SMARTS) is 2. The molecule has 0 aromatic carbocycles. The van der Waals surface area contributed by atoms with Crippen LogP contribution in [-0.2, 0) is 54.3 Å². The van der Waals surface area contributed by atoms with Gasteiger partial charge in [-0.15, -0.1) is 0 Å². The van der Waals surface area contributed by atoms with Gasteiger partial charge in [-0.25, -0.2) is 9.97 Å². The molecule has 8 bridgehead atoms. The molecule has 0 aliphatic carbocycles. The Kier molecular flexibility index (Phi) is 12.0. The minimum Gasteiger partial charge on any atom is -0.550 e. The fourth-order valence-electron chi connectivity index (χ4n) is 6.31. The van der Waals surface area contributed by atoms with E-state index < -0.39 is 24.1 Å². The van der Waals surface area contributed by atoms with Crippen molar-refractivity contribution in [3.05, 3.63) is 69.3 Å². The number of aromatic nitrogens is 4. The topological polar surface area (TPSA) is 178 Å². The Bertz CT molecular complexity index is 1930. The molecule has 0 radical (unpaired) electrons. The molecule has 10 nitrogen and oxygen atoms in total. The van der Waals surface area contributed by atoms with E-state index in [1.807, 2.05) is 45.9 Å². The molecular weight excluding hydrogens is 776 g/mol. The van der Waals surface area contributed by atoms with Crippen molar-refractivity contribution < 1.29 is 74.8 Å². The summed E-state index contributed by atoms with van der Waals surface area (Å²) in [6.45, 7) is 11.0. The summed E-state index contributed by atoms with van der Waals surface area (Å²) in [7, 11) is 0. The number of aromatic amines is 2. The van der Waals surface area contributed by atoms with E-state index in [2.05, 4.69) is 9.97 Å². The number of H-pyrrole nitrogens is 2. The Labute approximate surface area is 298 Å². The number of carboxylic acids is 2. The van der Waals surface area contributed by atoms with E-state index in [1.54, 1.807) is 19.9 Å². The van der Waals surface area contributed by atoms with E-state index >= 15 is 0 Å². The molecule has 0 saturated carbocycles. The number of aryl methyl sites for hydroxylation is 2. The Morgan fingerprint density at radius 2 is 1.02 bits per heavy atom. The molecule has 0 spiro atoms. The van der Waals surface area contributed by atoms with Crippen LogP contribution < -0.4 is 10.2 Å². The third kappa shape index (κ3) is 7.25. The van der Waals surface area contributed by atoms with Gasteiger partial charge >= 0.3 is 44.8 Å². The molecular formula is C34H36Ag2N4O6. The van der Waals surface area contributed by atoms with Crippen LogP contribution in [0.4, 0.5) is 0 Å². The second kappa shape index (κ2) is 14.8. The first-order valence-electron chi connectivity index (χ1n) is 14.7. The first-order valence-corrected chi connectivity index (χ1v) is 14.7. The standard InChI is InChI=1S/C34H38N4O6.2Ag/c1-15-21(7-9-31(41)42)27-14-28-22(8-10-32(43)44)16(2)24(36-28)12-29-34(20(6)40)18(4)26(38-29)13-30-33(19(5)39)17(3)25(37-30)11-23(15)35-27;;/h11-14,19-20,37-40H,7-10H2,1-6H3,(H,41,42)(H,43,44);;/q;2*+1/p-2. The predicted molar refractivity (Wildman–Crippen MR) is 165 cm³/mol. The van der Waals surface area contributed by atoms with Gasteiger partial charge in [0, 0.05) is 45.1 Å². The molecule has 0 amide bonds. The smallest absolute Gasteiger partial charge is 0.550 e. The van der Waals surface area contributed by atoms with E-state index in [1.165, 1.54) is 0 Å². The number of nitrogens with zero attached hydrogens (tertiary/aromatic N) is 2. The van der Waals surface area contributed by atoms with Crippen molar-refractivity contribution in [1.82, 2.24) is 19.9 Å². The Morgan fingerprint density at radius 1 is 0.652 bits per heavy atom. The summed E-state index contributed by atoms with van der Waals surface area (Å²) in [5.41, 5.74) is 11.3. The van der Waals surface area contributed by atoms with Gasteiger partial charge in [-0.2, -0.15) is 0 Å². The molecule has 0 fully saturated rings. The number of allylic oxidation sites excluding steroid dienone is 4. The zero-order valence-electron chi connectivity index (χ0n) is 26.3. The molecule has 12 heteroatoms. The van der Waals surface area contributed by atoms with Crippen molar-refractivity contribution in [2.24, 2.45) is 0 Å². The van der Waals surface area contributed by atoms with Gasteiger partial charge in [0.2, 0.25) is 0 Å². The minimum atomic E-state index is -1.18. The molecule has 2 aliphatic heterocycles. The van der Waals surface area contributed by atoms with Crippen molar-refractivity contribution in [2.45, 2.75) is 79.4 Å². The maximum atomic E-state index is 11.4. The summed E-state index contributed by atoms with van der Waals surface area (Å²) in [6.07, 6.45) is -1.59. The number of aliphatic hydroxyl groups is 2. The van der Waals surface area contributed by atoms with Gasteiger partial charge in [-0.1, -0.05) is 0 Å². The van der Waals surface area contributed by atoms with Gasteiger partial charge in [-0.05, 0) is 125 Å². The van der Waals surface area contributed by atoms with Crippen LogP contribution in [0, 0.1) is 13.8 Å². The van der Waals surface area contributed by atoms with Crippen molar-refractivity contribution >= 4 is 56.3 Å². The van der Waals surface area contributed by atoms with Gasteiger partial charge in [0.25, 0.3) is 0 Å². The minimum absolute atomic E-state index is 0. The summed E-state index contributed by atoms with van der Waals surface area (Å²) >= 11 is 0. The maximum absolute atomic E-state index is 11.4. The third-order valence-electron chi connectivity index (χ3n) is 8.63. The molecule has 2 aliphatic rings. The van der Waals surface area contributed by atoms with Crippen LogP contribution in [0.25, 0.3) is 44.4 Å². The molecule has 4 N–H and O–H groups in total. The largest absolute Gasteiger partial charge is 1.00 e. The van der Waals surface area contributed by atoms with E-state index in [-0.39, 0.29) is 70.4 Å². The number of rotatable bonds is 8. The maximum Gasteiger partial charge on any atom is 1.00 e. The number of carbonyl (C=O) groups is 2. The normalized spacial score (nSPS) is 14.1. The second-order valence-electron chi connectivity index (χ2n) is 11.6. The fourth-order valence-corrected chi connectivity index (χ4v) is 6.31. The van der Waals surface area contributed by atoms with Crippen molar-refractivity contribution in [3.8, 4) is 0 Å². The predicted octanol–water partition coefficient (Wildman–Crippen LogP) is 3.95. The zero-order valence-corrected chi connectivity index (χ0v) is 29.3. The number of aliphatic carboxylic acids is 2. The number of nitrogens with one attached hydrogen (secondary N) is 2. The fraction of sp³-hybridized carbons (Fsp3) is 0.353. The SMILES string of the molecule is CC1=C(CCC(=O)[O-])c2cc3nc(cc4[nH]c(cc5[nH]c(cc1n2)c(C)c5C(C)O)c(C)c4C(C)O)C(C)=C3CCC(=O)[O-].[Ag+].[Ag+]. The van der Waals surface area contributed by atoms with E-state index in [4.69, 9.17) is 9.97 Å². The average Bonchev–Trinajstić information content (AvgIpc) is 3.59. The Morgan fingerprint density at radius 3 is 1.41 bits per heavy atom. The molecule has 3 aromatic rings. The molecule has 46 heavy (non-hydrogen) atoms. The van der Waals surface area contributed by atoms with Crippen LogP contribution in [0.2, 0.25) is 0 Å². The van der Waals surface area contributed by atoms with E-state index in [0.717, 1.165) is 50.0 Å². The number of fused-ring (bicyclic) bond motifs is 8. The van der Waals surface area contributed by atoms with Gasteiger partial charge in [0.1, 0.15) is 0 Å². The average molecular weight is 812 g/mol. The van der Waals surface area contributed by atoms with Gasteiger partial charge in [0.15, 0.2) is 0 Å². The van der Waals surface area contributed by atoms with E-state index in [0.29, 0.717) is 39.4 Å². The third-order valence-corrected chi connectivity index (χ3v) is 8.63. The Balaban J connectivity index is 0.00000288. The van der Waals surface area contributed by atoms with Gasteiger partial charge in [0.05, 0.1) is 35.0 Å². The molecule has 250 valence electrons. The van der Waals surface area contributed by atoms with Gasteiger partial charge in [-0.3, -0.25) is 0 Å². The van der Waals surface area contributed by atoms with Crippen molar-refractivity contribution in [3.63, 3.8) is 0 Å². The van der Waals surface area contributed by atoms with Crippen LogP contribution in [0.1, 0.15) is 111 Å². The molecule has 3 aromatic heterocycles. The van der Waals surface area contributed by atoms with Crippen molar-refractivity contribution in [1.29, 1.82) is 0 Å². The number of hydrogen-bond acceptors (Lipinski definition) is 8. The zero-order chi connectivity index (χ0) is 32.0. The monoisotopic (exact) mass is 810 g/mol. The number of aliphatic hydroxyl groups excluding tert-OH is 2. The Hall–Kier alpha value is -3.06. The van der Waals surface area contributed by atoms with Crippen LogP contribution in [0.15, 0.2) is 24.3 Å². The first kappa shape index (κ1) is 37.4. The van der Waals surface area contributed by atoms with Crippen LogP contribution in [0.5, 0.6) is 0 Å². The van der Waals surface area contributed by atoms with Gasteiger partial charge < -0.3 is 40.0 Å². The molecule has 5 heterocycles. The van der Waals surface area contributed by atoms with Crippen molar-refractivity contribution in [2.75, 3.05) is 0 Å². The first-order chi connectivity index (χ1) is 20.8. The van der Waals surface area contributed by atoms with E-state index in [9.17, 15) is 30.0 Å². The van der Waals surface area contributed by atoms with Crippen LogP contribution >= 0.6 is 0 Å². The molecule has 2 atom stereocenters. The summed E-state index contributed by atoms with van der Waals surface area (Å²) in [6, 6.07) is 7.41. The summed E-state index contributed by atoms with van der Waals surface area (Å²) in [4.78, 5) is 39.5. The second-order valence-corrected chi connectivity index (χ2v) is 11.6. The summed E-state index contributed by atoms with van der Waals surface area (Å²) < 4.78 is 0.